The quantitative estimate of drug-likeness (QED) is 0.600. The van der Waals surface area contributed by atoms with E-state index in [9.17, 15) is 9.59 Å². The highest BCUT2D eigenvalue weighted by Gasteiger charge is 2.24. The number of likely N-dealkylation sites (N-methyl/N-ethyl adjacent to an activating group) is 1. The van der Waals surface area contributed by atoms with Crippen molar-refractivity contribution < 1.29 is 9.59 Å². The first-order valence-corrected chi connectivity index (χ1v) is 5.85. The lowest BCUT2D eigenvalue weighted by atomic mass is 9.92. The van der Waals surface area contributed by atoms with Crippen LogP contribution in [0.5, 0.6) is 0 Å². The Bertz CT molecular complexity index is 256. The molecule has 0 aromatic heterocycles. The predicted molar refractivity (Wildman–Crippen MR) is 61.9 cm³/mol. The summed E-state index contributed by atoms with van der Waals surface area (Å²) in [5.41, 5.74) is 0. The van der Waals surface area contributed by atoms with Gasteiger partial charge in [-0.05, 0) is 33.2 Å². The van der Waals surface area contributed by atoms with Gasteiger partial charge in [0, 0.05) is 18.5 Å². The number of carbonyl (C=O) groups is 2. The lowest BCUT2D eigenvalue weighted by Crippen LogP contribution is -2.43. The van der Waals surface area contributed by atoms with E-state index in [2.05, 4.69) is 16.0 Å². The summed E-state index contributed by atoms with van der Waals surface area (Å²) in [6.07, 6.45) is 2.69. The van der Waals surface area contributed by atoms with Crippen LogP contribution in [0.1, 0.15) is 26.2 Å². The number of rotatable bonds is 5. The standard InChI is InChI=1S/C11H21N3O2/c1-8(14-10(15)7-12-2)6-9-4-3-5-13-11(9)16/h8-9,12H,3-7H2,1-2H3,(H,13,16)(H,14,15). The average molecular weight is 227 g/mol. The van der Waals surface area contributed by atoms with Crippen LogP contribution < -0.4 is 16.0 Å². The third-order valence-electron chi connectivity index (χ3n) is 2.78. The maximum absolute atomic E-state index is 11.5. The molecule has 0 aromatic rings. The molecular weight excluding hydrogens is 206 g/mol. The molecule has 0 aromatic carbocycles. The topological polar surface area (TPSA) is 70.2 Å². The van der Waals surface area contributed by atoms with Crippen LogP contribution in [0.15, 0.2) is 0 Å². The van der Waals surface area contributed by atoms with Gasteiger partial charge >= 0.3 is 0 Å². The van der Waals surface area contributed by atoms with E-state index >= 15 is 0 Å². The molecule has 5 heteroatoms. The molecule has 1 aliphatic heterocycles. The van der Waals surface area contributed by atoms with Gasteiger partial charge in [-0.15, -0.1) is 0 Å². The van der Waals surface area contributed by atoms with E-state index in [1.165, 1.54) is 0 Å². The molecule has 92 valence electrons. The van der Waals surface area contributed by atoms with Gasteiger partial charge in [0.1, 0.15) is 0 Å². The van der Waals surface area contributed by atoms with E-state index < -0.39 is 0 Å². The van der Waals surface area contributed by atoms with Crippen LogP contribution in [0.3, 0.4) is 0 Å². The van der Waals surface area contributed by atoms with Crippen molar-refractivity contribution >= 4 is 11.8 Å². The molecule has 2 atom stereocenters. The van der Waals surface area contributed by atoms with Gasteiger partial charge in [-0.3, -0.25) is 9.59 Å². The van der Waals surface area contributed by atoms with Crippen LogP contribution in [0.25, 0.3) is 0 Å². The van der Waals surface area contributed by atoms with Crippen molar-refractivity contribution in [1.82, 2.24) is 16.0 Å². The summed E-state index contributed by atoms with van der Waals surface area (Å²) in [5, 5.41) is 8.51. The molecule has 3 N–H and O–H groups in total. The number of amides is 2. The first-order chi connectivity index (χ1) is 7.63. The Labute approximate surface area is 96.4 Å². The maximum atomic E-state index is 11.5. The molecule has 1 rings (SSSR count). The Morgan fingerprint density at radius 3 is 3.00 bits per heavy atom. The van der Waals surface area contributed by atoms with Crippen molar-refractivity contribution in [2.45, 2.75) is 32.2 Å². The molecule has 1 aliphatic rings. The van der Waals surface area contributed by atoms with Crippen LogP contribution >= 0.6 is 0 Å². The molecule has 1 heterocycles. The molecule has 2 amide bonds. The smallest absolute Gasteiger partial charge is 0.234 e. The van der Waals surface area contributed by atoms with Crippen molar-refractivity contribution in [1.29, 1.82) is 0 Å². The van der Waals surface area contributed by atoms with Crippen LogP contribution in [-0.4, -0.2) is 38.0 Å². The minimum absolute atomic E-state index is 0.0220. The Balaban J connectivity index is 2.29. The lowest BCUT2D eigenvalue weighted by Gasteiger charge is -2.24. The van der Waals surface area contributed by atoms with Gasteiger partial charge in [-0.1, -0.05) is 0 Å². The summed E-state index contributed by atoms with van der Waals surface area (Å²) < 4.78 is 0. The largest absolute Gasteiger partial charge is 0.356 e. The second-order valence-corrected chi connectivity index (χ2v) is 4.36. The van der Waals surface area contributed by atoms with Gasteiger partial charge in [-0.25, -0.2) is 0 Å². The highest BCUT2D eigenvalue weighted by Crippen LogP contribution is 2.17. The van der Waals surface area contributed by atoms with Crippen molar-refractivity contribution in [2.24, 2.45) is 5.92 Å². The monoisotopic (exact) mass is 227 g/mol. The van der Waals surface area contributed by atoms with Crippen molar-refractivity contribution in [2.75, 3.05) is 20.1 Å². The number of piperidine rings is 1. The molecule has 0 aliphatic carbocycles. The number of carbonyl (C=O) groups excluding carboxylic acids is 2. The van der Waals surface area contributed by atoms with E-state index in [1.54, 1.807) is 7.05 Å². The third kappa shape index (κ3) is 4.18. The van der Waals surface area contributed by atoms with Crippen LogP contribution in [0.4, 0.5) is 0 Å². The summed E-state index contributed by atoms with van der Waals surface area (Å²) in [7, 11) is 1.73. The summed E-state index contributed by atoms with van der Waals surface area (Å²) in [6.45, 7) is 3.05. The number of nitrogens with one attached hydrogen (secondary N) is 3. The van der Waals surface area contributed by atoms with Gasteiger partial charge in [0.15, 0.2) is 0 Å². The van der Waals surface area contributed by atoms with Crippen molar-refractivity contribution in [3.05, 3.63) is 0 Å². The summed E-state index contributed by atoms with van der Waals surface area (Å²) in [5.74, 6) is 0.158. The summed E-state index contributed by atoms with van der Waals surface area (Å²) >= 11 is 0. The second-order valence-electron chi connectivity index (χ2n) is 4.36. The molecule has 0 bridgehead atoms. The first kappa shape index (κ1) is 13.0. The van der Waals surface area contributed by atoms with Gasteiger partial charge in [0.05, 0.1) is 6.54 Å². The minimum Gasteiger partial charge on any atom is -0.356 e. The molecule has 0 radical (unpaired) electrons. The summed E-state index contributed by atoms with van der Waals surface area (Å²) in [6, 6.07) is 0.0506. The molecule has 0 saturated carbocycles. The molecule has 16 heavy (non-hydrogen) atoms. The minimum atomic E-state index is -0.0220. The number of hydrogen-bond acceptors (Lipinski definition) is 3. The van der Waals surface area contributed by atoms with Gasteiger partial charge in [-0.2, -0.15) is 0 Å². The lowest BCUT2D eigenvalue weighted by molar-refractivity contribution is -0.127. The zero-order valence-electron chi connectivity index (χ0n) is 10.0. The van der Waals surface area contributed by atoms with Crippen molar-refractivity contribution in [3.8, 4) is 0 Å². The van der Waals surface area contributed by atoms with E-state index in [0.29, 0.717) is 6.54 Å². The SMILES string of the molecule is CNCC(=O)NC(C)CC1CCCNC1=O. The maximum Gasteiger partial charge on any atom is 0.234 e. The fourth-order valence-electron chi connectivity index (χ4n) is 2.03. The second kappa shape index (κ2) is 6.48. The van der Waals surface area contributed by atoms with Crippen LogP contribution in [0, 0.1) is 5.92 Å². The Hall–Kier alpha value is -1.10. The highest BCUT2D eigenvalue weighted by molar-refractivity contribution is 5.80. The Morgan fingerprint density at radius 2 is 2.38 bits per heavy atom. The number of hydrogen-bond donors (Lipinski definition) is 3. The highest BCUT2D eigenvalue weighted by atomic mass is 16.2. The van der Waals surface area contributed by atoms with Gasteiger partial charge in [0.25, 0.3) is 0 Å². The molecular formula is C11H21N3O2. The Kier molecular flexibility index (Phi) is 5.25. The molecule has 5 nitrogen and oxygen atoms in total. The molecule has 2 unspecified atom stereocenters. The molecule has 0 spiro atoms. The fourth-order valence-corrected chi connectivity index (χ4v) is 2.03. The fraction of sp³-hybridized carbons (Fsp3) is 0.818. The van der Waals surface area contributed by atoms with Crippen molar-refractivity contribution in [3.63, 3.8) is 0 Å². The van der Waals surface area contributed by atoms with Gasteiger partial charge in [0.2, 0.25) is 11.8 Å². The van der Waals surface area contributed by atoms with E-state index in [1.807, 2.05) is 6.92 Å². The third-order valence-corrected chi connectivity index (χ3v) is 2.78. The van der Waals surface area contributed by atoms with E-state index in [0.717, 1.165) is 25.8 Å². The molecule has 1 fully saturated rings. The van der Waals surface area contributed by atoms with E-state index in [4.69, 9.17) is 0 Å². The summed E-state index contributed by atoms with van der Waals surface area (Å²) in [4.78, 5) is 22.8. The zero-order valence-corrected chi connectivity index (χ0v) is 10.0. The zero-order chi connectivity index (χ0) is 12.0. The van der Waals surface area contributed by atoms with Crippen LogP contribution in [-0.2, 0) is 9.59 Å². The first-order valence-electron chi connectivity index (χ1n) is 5.85. The average Bonchev–Trinajstić information content (AvgIpc) is 2.21. The van der Waals surface area contributed by atoms with Gasteiger partial charge < -0.3 is 16.0 Å². The predicted octanol–water partition coefficient (Wildman–Crippen LogP) is -0.373. The normalized spacial score (nSPS) is 22.4. The Morgan fingerprint density at radius 1 is 1.62 bits per heavy atom. The van der Waals surface area contributed by atoms with E-state index in [-0.39, 0.29) is 23.8 Å². The molecule has 1 saturated heterocycles. The van der Waals surface area contributed by atoms with Crippen LogP contribution in [0.2, 0.25) is 0 Å².